The van der Waals surface area contributed by atoms with Crippen molar-refractivity contribution < 1.29 is 9.18 Å². The van der Waals surface area contributed by atoms with E-state index >= 15 is 0 Å². The Labute approximate surface area is 190 Å². The maximum absolute atomic E-state index is 13.5. The summed E-state index contributed by atoms with van der Waals surface area (Å²) in [5, 5.41) is 7.44. The molecular formula is C23H25FN8O. The topological polar surface area (TPSA) is 121 Å². The number of hydrogen-bond acceptors (Lipinski definition) is 7. The Hall–Kier alpha value is -3.82. The smallest absolute Gasteiger partial charge is 0.228 e. The third-order valence-electron chi connectivity index (χ3n) is 5.95. The van der Waals surface area contributed by atoms with Crippen molar-refractivity contribution in [1.82, 2.24) is 15.0 Å². The van der Waals surface area contributed by atoms with Crippen LogP contribution in [0.5, 0.6) is 0 Å². The highest BCUT2D eigenvalue weighted by Crippen LogP contribution is 2.31. The second-order valence-electron chi connectivity index (χ2n) is 8.35. The Morgan fingerprint density at radius 2 is 2.00 bits per heavy atom. The summed E-state index contributed by atoms with van der Waals surface area (Å²) in [6.07, 6.45) is 6.54. The summed E-state index contributed by atoms with van der Waals surface area (Å²) in [6, 6.07) is 5.41. The summed E-state index contributed by atoms with van der Waals surface area (Å²) in [5.41, 5.74) is 7.83. The van der Waals surface area contributed by atoms with Gasteiger partial charge in [0.05, 0.1) is 11.9 Å². The molecule has 1 aliphatic carbocycles. The van der Waals surface area contributed by atoms with Crippen LogP contribution in [0.2, 0.25) is 0 Å². The van der Waals surface area contributed by atoms with Crippen molar-refractivity contribution >= 4 is 45.7 Å². The third kappa shape index (κ3) is 4.41. The van der Waals surface area contributed by atoms with Gasteiger partial charge in [-0.25, -0.2) is 24.3 Å². The summed E-state index contributed by atoms with van der Waals surface area (Å²) in [6.45, 7) is 1.06. The van der Waals surface area contributed by atoms with Gasteiger partial charge in [0, 0.05) is 54.8 Å². The maximum Gasteiger partial charge on any atom is 0.228 e. The van der Waals surface area contributed by atoms with Gasteiger partial charge in [-0.3, -0.25) is 4.79 Å². The van der Waals surface area contributed by atoms with E-state index in [9.17, 15) is 9.18 Å². The standard InChI is InChI=1S/C23H25FN8O/c1-26-22-18-11-28-20(31-23(33)13-2-3-13)8-16(18)17(10-29-22)21(25)30-19-5-4-15(9-27-19)32-7-6-14(24)12-32/h4-5,8-11,13-14H,2-3,6-7,12H2,1H3,(H,26,29)(H2,25,27,30)(H,28,31,33). The van der Waals surface area contributed by atoms with Crippen LogP contribution in [-0.2, 0) is 4.79 Å². The minimum atomic E-state index is -0.798. The summed E-state index contributed by atoms with van der Waals surface area (Å²) < 4.78 is 13.5. The fourth-order valence-electron chi connectivity index (χ4n) is 3.95. The van der Waals surface area contributed by atoms with Crippen LogP contribution in [0.1, 0.15) is 24.8 Å². The quantitative estimate of drug-likeness (QED) is 0.391. The maximum atomic E-state index is 13.5. The van der Waals surface area contributed by atoms with E-state index in [4.69, 9.17) is 5.73 Å². The molecular weight excluding hydrogens is 423 g/mol. The SMILES string of the molecule is CNc1ncc(C(N)=Nc2ccc(N3CCC(F)C3)cn2)c2cc(NC(=O)C3CC3)ncc12. The molecule has 1 saturated heterocycles. The first-order valence-corrected chi connectivity index (χ1v) is 11.0. The molecule has 3 aromatic heterocycles. The minimum Gasteiger partial charge on any atom is -0.383 e. The number of pyridine rings is 3. The van der Waals surface area contributed by atoms with E-state index in [0.717, 1.165) is 29.3 Å². The zero-order valence-corrected chi connectivity index (χ0v) is 18.3. The molecule has 1 atom stereocenters. The third-order valence-corrected chi connectivity index (χ3v) is 5.95. The molecule has 1 amide bonds. The first kappa shape index (κ1) is 21.0. The van der Waals surface area contributed by atoms with E-state index < -0.39 is 6.17 Å². The second kappa shape index (κ2) is 8.61. The molecule has 2 fully saturated rings. The number of nitrogens with zero attached hydrogens (tertiary/aromatic N) is 5. The van der Waals surface area contributed by atoms with Crippen LogP contribution in [0.25, 0.3) is 10.8 Å². The van der Waals surface area contributed by atoms with E-state index in [1.165, 1.54) is 0 Å². The van der Waals surface area contributed by atoms with Crippen LogP contribution in [0.15, 0.2) is 41.8 Å². The van der Waals surface area contributed by atoms with Crippen LogP contribution in [0, 0.1) is 5.92 Å². The highest BCUT2D eigenvalue weighted by Gasteiger charge is 2.30. The zero-order chi connectivity index (χ0) is 22.9. The van der Waals surface area contributed by atoms with Crippen molar-refractivity contribution in [2.24, 2.45) is 16.6 Å². The van der Waals surface area contributed by atoms with E-state index in [0.29, 0.717) is 42.5 Å². The molecule has 4 heterocycles. The molecule has 2 aliphatic rings. The number of amidine groups is 1. The second-order valence-corrected chi connectivity index (χ2v) is 8.35. The molecule has 170 valence electrons. The Morgan fingerprint density at radius 3 is 2.67 bits per heavy atom. The molecule has 4 N–H and O–H groups in total. The Kier molecular flexibility index (Phi) is 5.49. The van der Waals surface area contributed by atoms with Gasteiger partial charge in [0.2, 0.25) is 5.91 Å². The summed E-state index contributed by atoms with van der Waals surface area (Å²) >= 11 is 0. The van der Waals surface area contributed by atoms with Crippen molar-refractivity contribution in [3.05, 3.63) is 42.4 Å². The summed E-state index contributed by atoms with van der Waals surface area (Å²) in [5.74, 6) is 1.84. The molecule has 1 unspecified atom stereocenters. The Morgan fingerprint density at radius 1 is 1.15 bits per heavy atom. The average Bonchev–Trinajstić information content (AvgIpc) is 3.59. The number of fused-ring (bicyclic) bond motifs is 1. The highest BCUT2D eigenvalue weighted by atomic mass is 19.1. The summed E-state index contributed by atoms with van der Waals surface area (Å²) in [7, 11) is 1.78. The van der Waals surface area contributed by atoms with Crippen LogP contribution < -0.4 is 21.3 Å². The molecule has 10 heteroatoms. The predicted octanol–water partition coefficient (Wildman–Crippen LogP) is 3.00. The van der Waals surface area contributed by atoms with Crippen molar-refractivity contribution in [2.45, 2.75) is 25.4 Å². The number of alkyl halides is 1. The molecule has 0 radical (unpaired) electrons. The zero-order valence-electron chi connectivity index (χ0n) is 18.3. The fraction of sp³-hybridized carbons (Fsp3) is 0.348. The number of carbonyl (C=O) groups is 1. The van der Waals surface area contributed by atoms with Gasteiger partial charge in [-0.1, -0.05) is 0 Å². The van der Waals surface area contributed by atoms with Crippen LogP contribution in [-0.4, -0.2) is 53.0 Å². The van der Waals surface area contributed by atoms with Crippen molar-refractivity contribution in [3.8, 4) is 0 Å². The lowest BCUT2D eigenvalue weighted by Crippen LogP contribution is -2.19. The molecule has 0 bridgehead atoms. The normalized spacial score (nSPS) is 18.5. The van der Waals surface area contributed by atoms with Crippen LogP contribution in [0.4, 0.5) is 27.5 Å². The number of halogens is 1. The van der Waals surface area contributed by atoms with Gasteiger partial charge < -0.3 is 21.3 Å². The molecule has 5 rings (SSSR count). The fourth-order valence-corrected chi connectivity index (χ4v) is 3.95. The number of amides is 1. The van der Waals surface area contributed by atoms with Crippen molar-refractivity contribution in [2.75, 3.05) is 35.7 Å². The van der Waals surface area contributed by atoms with Gasteiger partial charge in [-0.05, 0) is 37.5 Å². The number of aromatic nitrogens is 3. The molecule has 1 saturated carbocycles. The number of rotatable bonds is 6. The Balaban J connectivity index is 1.45. The summed E-state index contributed by atoms with van der Waals surface area (Å²) in [4.78, 5) is 31.8. The van der Waals surface area contributed by atoms with Crippen LogP contribution >= 0.6 is 0 Å². The molecule has 3 aromatic rings. The van der Waals surface area contributed by atoms with Gasteiger partial charge in [-0.2, -0.15) is 0 Å². The van der Waals surface area contributed by atoms with Gasteiger partial charge in [-0.15, -0.1) is 0 Å². The Bertz CT molecular complexity index is 1230. The van der Waals surface area contributed by atoms with Gasteiger partial charge >= 0.3 is 0 Å². The van der Waals surface area contributed by atoms with Gasteiger partial charge in [0.25, 0.3) is 0 Å². The van der Waals surface area contributed by atoms with Crippen molar-refractivity contribution in [1.29, 1.82) is 0 Å². The van der Waals surface area contributed by atoms with E-state index in [-0.39, 0.29) is 17.7 Å². The monoisotopic (exact) mass is 448 g/mol. The number of anilines is 3. The highest BCUT2D eigenvalue weighted by molar-refractivity contribution is 6.12. The largest absolute Gasteiger partial charge is 0.383 e. The molecule has 1 aliphatic heterocycles. The number of nitrogens with two attached hydrogens (primary N) is 1. The average molecular weight is 449 g/mol. The lowest BCUT2D eigenvalue weighted by atomic mass is 10.1. The molecule has 33 heavy (non-hydrogen) atoms. The minimum absolute atomic E-state index is 0.0192. The number of carbonyl (C=O) groups excluding carboxylic acids is 1. The van der Waals surface area contributed by atoms with Gasteiger partial charge in [0.1, 0.15) is 23.6 Å². The van der Waals surface area contributed by atoms with Gasteiger partial charge in [0.15, 0.2) is 5.82 Å². The number of hydrogen-bond donors (Lipinski definition) is 3. The predicted molar refractivity (Wildman–Crippen MR) is 127 cm³/mol. The molecule has 0 spiro atoms. The lowest BCUT2D eigenvalue weighted by molar-refractivity contribution is -0.117. The molecule has 0 aromatic carbocycles. The first-order valence-electron chi connectivity index (χ1n) is 11.0. The lowest BCUT2D eigenvalue weighted by Gasteiger charge is -2.16. The molecule has 9 nitrogen and oxygen atoms in total. The van der Waals surface area contributed by atoms with E-state index in [1.54, 1.807) is 37.8 Å². The van der Waals surface area contributed by atoms with E-state index in [2.05, 4.69) is 30.6 Å². The number of aliphatic imine (C=N–C) groups is 1. The van der Waals surface area contributed by atoms with Crippen LogP contribution in [0.3, 0.4) is 0 Å². The first-order chi connectivity index (χ1) is 16.0. The number of nitrogens with one attached hydrogen (secondary N) is 2. The van der Waals surface area contributed by atoms with E-state index in [1.807, 2.05) is 11.0 Å². The van der Waals surface area contributed by atoms with Crippen molar-refractivity contribution in [3.63, 3.8) is 0 Å².